The molecule has 7 nitrogen and oxygen atoms in total. The monoisotopic (exact) mass is 465 g/mol. The van der Waals surface area contributed by atoms with Crippen LogP contribution in [0.3, 0.4) is 0 Å². The summed E-state index contributed by atoms with van der Waals surface area (Å²) in [6.45, 7) is 4.09. The maximum atomic E-state index is 12.4. The van der Waals surface area contributed by atoms with Crippen LogP contribution in [0.25, 0.3) is 0 Å². The number of hydrogen-bond donors (Lipinski definition) is 1. The number of amides is 1. The van der Waals surface area contributed by atoms with Crippen molar-refractivity contribution >= 4 is 27.8 Å². The van der Waals surface area contributed by atoms with Gasteiger partial charge in [-0.15, -0.1) is 0 Å². The fourth-order valence-corrected chi connectivity index (χ4v) is 4.01. The normalized spacial score (nSPS) is 11.4. The Morgan fingerprint density at radius 2 is 1.67 bits per heavy atom. The molecule has 0 spiro atoms. The molecule has 172 valence electrons. The number of benzene rings is 3. The van der Waals surface area contributed by atoms with Crippen LogP contribution in [0, 0.1) is 13.8 Å². The lowest BCUT2D eigenvalue weighted by Gasteiger charge is -2.23. The van der Waals surface area contributed by atoms with E-state index in [9.17, 15) is 13.2 Å². The van der Waals surface area contributed by atoms with E-state index in [1.807, 2.05) is 38.1 Å². The Bertz CT molecular complexity index is 1250. The van der Waals surface area contributed by atoms with Crippen LogP contribution in [0.5, 0.6) is 5.75 Å². The predicted molar refractivity (Wildman–Crippen MR) is 131 cm³/mol. The van der Waals surface area contributed by atoms with E-state index >= 15 is 0 Å². The lowest BCUT2D eigenvalue weighted by atomic mass is 10.1. The number of hydrazone groups is 1. The standard InChI is InChI=1S/C25H27N3O4S/c1-18-5-12-23(15-19(18)2)28(33(4,30)31)17-21-6-10-22(11-7-21)25(29)27-26-16-20-8-13-24(32-3)14-9-20/h5-16H,17H2,1-4H3,(H,27,29)/b26-16+. The quantitative estimate of drug-likeness (QED) is 0.402. The van der Waals surface area contributed by atoms with Gasteiger partial charge in [-0.2, -0.15) is 5.10 Å². The highest BCUT2D eigenvalue weighted by atomic mass is 32.2. The van der Waals surface area contributed by atoms with E-state index in [4.69, 9.17) is 4.74 Å². The van der Waals surface area contributed by atoms with Crippen molar-refractivity contribution in [3.8, 4) is 5.75 Å². The third-order valence-electron chi connectivity index (χ3n) is 5.22. The number of carbonyl (C=O) groups is 1. The Labute approximate surface area is 194 Å². The number of hydrogen-bond acceptors (Lipinski definition) is 5. The van der Waals surface area contributed by atoms with Crippen LogP contribution in [0.4, 0.5) is 5.69 Å². The van der Waals surface area contributed by atoms with E-state index in [-0.39, 0.29) is 12.5 Å². The van der Waals surface area contributed by atoms with Crippen molar-refractivity contribution in [3.05, 3.63) is 94.5 Å². The summed E-state index contributed by atoms with van der Waals surface area (Å²) in [5.41, 5.74) is 7.21. The van der Waals surface area contributed by atoms with Crippen LogP contribution in [-0.2, 0) is 16.6 Å². The fourth-order valence-electron chi connectivity index (χ4n) is 3.13. The van der Waals surface area contributed by atoms with E-state index in [1.165, 1.54) is 10.6 Å². The van der Waals surface area contributed by atoms with Crippen molar-refractivity contribution in [2.45, 2.75) is 20.4 Å². The maximum absolute atomic E-state index is 12.4. The largest absolute Gasteiger partial charge is 0.497 e. The van der Waals surface area contributed by atoms with Crippen molar-refractivity contribution in [2.75, 3.05) is 17.7 Å². The first-order valence-corrected chi connectivity index (χ1v) is 12.1. The Kier molecular flexibility index (Phi) is 7.50. The van der Waals surface area contributed by atoms with Gasteiger partial charge in [0.25, 0.3) is 5.91 Å². The van der Waals surface area contributed by atoms with Crippen LogP contribution in [0.15, 0.2) is 71.8 Å². The lowest BCUT2D eigenvalue weighted by molar-refractivity contribution is 0.0955. The van der Waals surface area contributed by atoms with Gasteiger partial charge in [0.05, 0.1) is 31.8 Å². The summed E-state index contributed by atoms with van der Waals surface area (Å²) in [4.78, 5) is 12.4. The molecule has 0 saturated carbocycles. The topological polar surface area (TPSA) is 88.1 Å². The summed E-state index contributed by atoms with van der Waals surface area (Å²) in [6, 6.07) is 19.6. The first kappa shape index (κ1) is 24.0. The number of aryl methyl sites for hydroxylation is 2. The number of rotatable bonds is 8. The van der Waals surface area contributed by atoms with E-state index in [1.54, 1.807) is 55.8 Å². The summed E-state index contributed by atoms with van der Waals surface area (Å²) in [7, 11) is -1.89. The molecule has 8 heteroatoms. The predicted octanol–water partition coefficient (Wildman–Crippen LogP) is 4.04. The number of ether oxygens (including phenoxy) is 1. The van der Waals surface area contributed by atoms with Gasteiger partial charge in [0.15, 0.2) is 0 Å². The molecule has 3 rings (SSSR count). The number of anilines is 1. The van der Waals surface area contributed by atoms with Crippen molar-refractivity contribution < 1.29 is 17.9 Å². The van der Waals surface area contributed by atoms with E-state index in [0.29, 0.717) is 11.3 Å². The zero-order valence-electron chi connectivity index (χ0n) is 19.1. The van der Waals surface area contributed by atoms with E-state index < -0.39 is 10.0 Å². The zero-order chi connectivity index (χ0) is 24.0. The summed E-state index contributed by atoms with van der Waals surface area (Å²) < 4.78 is 31.3. The molecule has 0 unspecified atom stereocenters. The molecule has 33 heavy (non-hydrogen) atoms. The minimum absolute atomic E-state index is 0.166. The average molecular weight is 466 g/mol. The Morgan fingerprint density at radius 1 is 1.00 bits per heavy atom. The Balaban J connectivity index is 1.68. The maximum Gasteiger partial charge on any atom is 0.271 e. The highest BCUT2D eigenvalue weighted by Gasteiger charge is 2.18. The molecule has 0 fully saturated rings. The average Bonchev–Trinajstić information content (AvgIpc) is 2.79. The van der Waals surface area contributed by atoms with Gasteiger partial charge in [0.1, 0.15) is 5.75 Å². The van der Waals surface area contributed by atoms with Gasteiger partial charge in [-0.05, 0) is 84.6 Å². The van der Waals surface area contributed by atoms with Gasteiger partial charge in [-0.3, -0.25) is 9.10 Å². The van der Waals surface area contributed by atoms with E-state index in [0.717, 1.165) is 28.0 Å². The van der Waals surface area contributed by atoms with Gasteiger partial charge in [0, 0.05) is 5.56 Å². The molecule has 0 radical (unpaired) electrons. The summed E-state index contributed by atoms with van der Waals surface area (Å²) in [5.74, 6) is 0.378. The lowest BCUT2D eigenvalue weighted by Crippen LogP contribution is -2.29. The molecule has 0 aromatic heterocycles. The van der Waals surface area contributed by atoms with Crippen LogP contribution < -0.4 is 14.5 Å². The van der Waals surface area contributed by atoms with Crippen molar-refractivity contribution in [2.24, 2.45) is 5.10 Å². The molecule has 0 aliphatic heterocycles. The summed E-state index contributed by atoms with van der Waals surface area (Å²) >= 11 is 0. The van der Waals surface area contributed by atoms with Gasteiger partial charge >= 0.3 is 0 Å². The van der Waals surface area contributed by atoms with Gasteiger partial charge < -0.3 is 4.74 Å². The third-order valence-corrected chi connectivity index (χ3v) is 6.36. The van der Waals surface area contributed by atoms with Crippen LogP contribution in [0.1, 0.15) is 32.6 Å². The van der Waals surface area contributed by atoms with Gasteiger partial charge in [0.2, 0.25) is 10.0 Å². The molecule has 0 bridgehead atoms. The molecule has 1 amide bonds. The molecule has 1 N–H and O–H groups in total. The minimum atomic E-state index is -3.49. The fraction of sp³-hybridized carbons (Fsp3) is 0.200. The van der Waals surface area contributed by atoms with Crippen molar-refractivity contribution in [3.63, 3.8) is 0 Å². The summed E-state index contributed by atoms with van der Waals surface area (Å²) in [6.07, 6.45) is 2.73. The van der Waals surface area contributed by atoms with Gasteiger partial charge in [-0.1, -0.05) is 18.2 Å². The Morgan fingerprint density at radius 3 is 2.24 bits per heavy atom. The summed E-state index contributed by atoms with van der Waals surface area (Å²) in [5, 5.41) is 3.98. The van der Waals surface area contributed by atoms with E-state index in [2.05, 4.69) is 10.5 Å². The number of carbonyl (C=O) groups excluding carboxylic acids is 1. The minimum Gasteiger partial charge on any atom is -0.497 e. The molecule has 0 aliphatic carbocycles. The first-order chi connectivity index (χ1) is 15.7. The number of methoxy groups -OCH3 is 1. The second-order valence-electron chi connectivity index (χ2n) is 7.71. The molecule has 3 aromatic carbocycles. The number of nitrogens with zero attached hydrogens (tertiary/aromatic N) is 2. The highest BCUT2D eigenvalue weighted by Crippen LogP contribution is 2.23. The zero-order valence-corrected chi connectivity index (χ0v) is 19.9. The van der Waals surface area contributed by atoms with Crippen LogP contribution >= 0.6 is 0 Å². The Hall–Kier alpha value is -3.65. The first-order valence-electron chi connectivity index (χ1n) is 10.3. The second kappa shape index (κ2) is 10.3. The van der Waals surface area contributed by atoms with Gasteiger partial charge in [-0.25, -0.2) is 13.8 Å². The third kappa shape index (κ3) is 6.43. The molecule has 0 aliphatic rings. The van der Waals surface area contributed by atoms with Crippen LogP contribution in [0.2, 0.25) is 0 Å². The molecule has 0 heterocycles. The number of sulfonamides is 1. The molecule has 0 atom stereocenters. The smallest absolute Gasteiger partial charge is 0.271 e. The van der Waals surface area contributed by atoms with Crippen molar-refractivity contribution in [1.82, 2.24) is 5.43 Å². The molecule has 3 aromatic rings. The SMILES string of the molecule is COc1ccc(/C=N/NC(=O)c2ccc(CN(c3ccc(C)c(C)c3)S(C)(=O)=O)cc2)cc1. The number of nitrogens with one attached hydrogen (secondary N) is 1. The van der Waals surface area contributed by atoms with Crippen molar-refractivity contribution in [1.29, 1.82) is 0 Å². The highest BCUT2D eigenvalue weighted by molar-refractivity contribution is 7.92. The molecular weight excluding hydrogens is 438 g/mol. The van der Waals surface area contributed by atoms with Crippen LogP contribution in [-0.4, -0.2) is 33.9 Å². The molecular formula is C25H27N3O4S. The molecule has 0 saturated heterocycles. The second-order valence-corrected chi connectivity index (χ2v) is 9.61.